The van der Waals surface area contributed by atoms with Gasteiger partial charge in [0.05, 0.1) is 11.3 Å². The van der Waals surface area contributed by atoms with Crippen molar-refractivity contribution >= 4 is 23.3 Å². The Kier molecular flexibility index (Phi) is 5.87. The van der Waals surface area contributed by atoms with Crippen LogP contribution in [0.1, 0.15) is 22.6 Å². The minimum atomic E-state index is -0.989. The van der Waals surface area contributed by atoms with Crippen molar-refractivity contribution in [2.75, 3.05) is 30.9 Å². The van der Waals surface area contributed by atoms with Crippen LogP contribution in [0.4, 0.5) is 17.3 Å². The Labute approximate surface area is 134 Å². The smallest absolute Gasteiger partial charge is 0.337 e. The molecular weight excluding hydrogens is 296 g/mol. The quantitative estimate of drug-likeness (QED) is 0.644. The predicted molar refractivity (Wildman–Crippen MR) is 88.4 cm³/mol. The molecule has 0 aliphatic rings. The van der Waals surface area contributed by atoms with E-state index in [-0.39, 0.29) is 5.56 Å². The summed E-state index contributed by atoms with van der Waals surface area (Å²) in [5.41, 5.74) is 0.682. The molecule has 3 N–H and O–H groups in total. The minimum Gasteiger partial charge on any atom is -0.478 e. The molecule has 0 spiro atoms. The lowest BCUT2D eigenvalue weighted by Gasteiger charge is -2.11. The Morgan fingerprint density at radius 3 is 2.74 bits per heavy atom. The zero-order valence-electron chi connectivity index (χ0n) is 13.2. The molecule has 7 nitrogen and oxygen atoms in total. The number of ether oxygens (including phenoxy) is 1. The topological polar surface area (TPSA) is 96.4 Å². The van der Waals surface area contributed by atoms with Gasteiger partial charge in [-0.3, -0.25) is 0 Å². The molecule has 0 unspecified atom stereocenters. The first-order valence-electron chi connectivity index (χ1n) is 7.28. The molecule has 0 bridgehead atoms. The SMILES string of the molecule is COCCCNc1cc(Nc2ccccc2C(=O)O)nc(C)n1. The van der Waals surface area contributed by atoms with Gasteiger partial charge in [0.15, 0.2) is 0 Å². The Bertz CT molecular complexity index is 676. The third-order valence-corrected chi connectivity index (χ3v) is 3.09. The van der Waals surface area contributed by atoms with Gasteiger partial charge in [0.25, 0.3) is 0 Å². The van der Waals surface area contributed by atoms with Gasteiger partial charge in [-0.25, -0.2) is 14.8 Å². The minimum absolute atomic E-state index is 0.193. The zero-order chi connectivity index (χ0) is 16.7. The van der Waals surface area contributed by atoms with Gasteiger partial charge >= 0.3 is 5.97 Å². The van der Waals surface area contributed by atoms with E-state index in [4.69, 9.17) is 4.74 Å². The van der Waals surface area contributed by atoms with E-state index in [2.05, 4.69) is 20.6 Å². The third kappa shape index (κ3) is 4.93. The van der Waals surface area contributed by atoms with Gasteiger partial charge < -0.3 is 20.5 Å². The molecule has 7 heteroatoms. The molecule has 0 aliphatic carbocycles. The summed E-state index contributed by atoms with van der Waals surface area (Å²) in [5, 5.41) is 15.5. The second-order valence-corrected chi connectivity index (χ2v) is 4.93. The zero-order valence-corrected chi connectivity index (χ0v) is 13.2. The molecule has 0 saturated carbocycles. The average molecular weight is 316 g/mol. The van der Waals surface area contributed by atoms with Crippen molar-refractivity contribution < 1.29 is 14.6 Å². The van der Waals surface area contributed by atoms with Crippen LogP contribution in [0, 0.1) is 6.92 Å². The number of carboxylic acid groups (broad SMARTS) is 1. The van der Waals surface area contributed by atoms with Crippen LogP contribution in [-0.2, 0) is 4.74 Å². The lowest BCUT2D eigenvalue weighted by Crippen LogP contribution is -2.09. The van der Waals surface area contributed by atoms with E-state index >= 15 is 0 Å². The number of nitrogens with zero attached hydrogens (tertiary/aromatic N) is 2. The molecule has 1 aromatic carbocycles. The van der Waals surface area contributed by atoms with Crippen LogP contribution in [0.2, 0.25) is 0 Å². The fourth-order valence-electron chi connectivity index (χ4n) is 2.07. The molecule has 1 heterocycles. The molecule has 0 fully saturated rings. The number of benzene rings is 1. The van der Waals surface area contributed by atoms with E-state index in [0.717, 1.165) is 13.0 Å². The molecule has 0 saturated heterocycles. The maximum atomic E-state index is 11.3. The Morgan fingerprint density at radius 2 is 2.00 bits per heavy atom. The lowest BCUT2D eigenvalue weighted by atomic mass is 10.2. The molecule has 2 rings (SSSR count). The highest BCUT2D eigenvalue weighted by Crippen LogP contribution is 2.21. The summed E-state index contributed by atoms with van der Waals surface area (Å²) in [5.74, 6) is 0.832. The molecule has 0 aliphatic heterocycles. The summed E-state index contributed by atoms with van der Waals surface area (Å²) in [6.07, 6.45) is 0.865. The molecule has 122 valence electrons. The van der Waals surface area contributed by atoms with Crippen molar-refractivity contribution in [1.29, 1.82) is 0 Å². The van der Waals surface area contributed by atoms with E-state index in [9.17, 15) is 9.90 Å². The Morgan fingerprint density at radius 1 is 1.26 bits per heavy atom. The van der Waals surface area contributed by atoms with Crippen LogP contribution in [0.25, 0.3) is 0 Å². The normalized spacial score (nSPS) is 10.3. The van der Waals surface area contributed by atoms with Gasteiger partial charge in [0, 0.05) is 26.3 Å². The number of aryl methyl sites for hydroxylation is 1. The van der Waals surface area contributed by atoms with Crippen molar-refractivity contribution in [2.45, 2.75) is 13.3 Å². The summed E-state index contributed by atoms with van der Waals surface area (Å²) >= 11 is 0. The summed E-state index contributed by atoms with van der Waals surface area (Å²) in [7, 11) is 1.66. The first-order valence-corrected chi connectivity index (χ1v) is 7.28. The standard InChI is InChI=1S/C16H20N4O3/c1-11-18-14(17-8-5-9-23-2)10-15(19-11)20-13-7-4-3-6-12(13)16(21)22/h3-4,6-7,10H,5,8-9H2,1-2H3,(H,21,22)(H2,17,18,19,20). The van der Waals surface area contributed by atoms with Crippen molar-refractivity contribution in [1.82, 2.24) is 9.97 Å². The van der Waals surface area contributed by atoms with Crippen LogP contribution < -0.4 is 10.6 Å². The number of hydrogen-bond donors (Lipinski definition) is 3. The van der Waals surface area contributed by atoms with E-state index < -0.39 is 5.97 Å². The van der Waals surface area contributed by atoms with Gasteiger partial charge in [-0.1, -0.05) is 12.1 Å². The molecule has 2 aromatic rings. The molecule has 0 radical (unpaired) electrons. The summed E-state index contributed by atoms with van der Waals surface area (Å²) in [4.78, 5) is 19.9. The van der Waals surface area contributed by atoms with Crippen LogP contribution in [0.15, 0.2) is 30.3 Å². The number of methoxy groups -OCH3 is 1. The summed E-state index contributed by atoms with van der Waals surface area (Å²) in [6, 6.07) is 8.45. The largest absolute Gasteiger partial charge is 0.478 e. The highest BCUT2D eigenvalue weighted by atomic mass is 16.5. The fourth-order valence-corrected chi connectivity index (χ4v) is 2.07. The van der Waals surface area contributed by atoms with Crippen LogP contribution in [0.3, 0.4) is 0 Å². The highest BCUT2D eigenvalue weighted by Gasteiger charge is 2.10. The number of aromatic nitrogens is 2. The number of hydrogen-bond acceptors (Lipinski definition) is 6. The highest BCUT2D eigenvalue weighted by molar-refractivity contribution is 5.95. The molecule has 0 amide bonds. The number of anilines is 3. The number of rotatable bonds is 8. The number of carbonyl (C=O) groups is 1. The van der Waals surface area contributed by atoms with E-state index in [1.54, 1.807) is 44.4 Å². The van der Waals surface area contributed by atoms with Crippen LogP contribution >= 0.6 is 0 Å². The van der Waals surface area contributed by atoms with Crippen molar-refractivity contribution in [3.05, 3.63) is 41.7 Å². The second kappa shape index (κ2) is 8.09. The van der Waals surface area contributed by atoms with Crippen molar-refractivity contribution in [2.24, 2.45) is 0 Å². The molecule has 23 heavy (non-hydrogen) atoms. The molecular formula is C16H20N4O3. The second-order valence-electron chi connectivity index (χ2n) is 4.93. The maximum Gasteiger partial charge on any atom is 0.337 e. The summed E-state index contributed by atoms with van der Waals surface area (Å²) < 4.78 is 5.00. The number of carboxylic acids is 1. The fraction of sp³-hybridized carbons (Fsp3) is 0.312. The van der Waals surface area contributed by atoms with Crippen molar-refractivity contribution in [3.8, 4) is 0 Å². The Balaban J connectivity index is 2.14. The van der Waals surface area contributed by atoms with Crippen molar-refractivity contribution in [3.63, 3.8) is 0 Å². The summed E-state index contributed by atoms with van der Waals surface area (Å²) in [6.45, 7) is 3.19. The number of nitrogens with one attached hydrogen (secondary N) is 2. The molecule has 1 aromatic heterocycles. The third-order valence-electron chi connectivity index (χ3n) is 3.09. The predicted octanol–water partition coefficient (Wildman–Crippen LogP) is 2.68. The monoisotopic (exact) mass is 316 g/mol. The Hall–Kier alpha value is -2.67. The van der Waals surface area contributed by atoms with Crippen LogP contribution in [0.5, 0.6) is 0 Å². The lowest BCUT2D eigenvalue weighted by molar-refractivity contribution is 0.0698. The van der Waals surface area contributed by atoms with Gasteiger partial charge in [-0.15, -0.1) is 0 Å². The van der Waals surface area contributed by atoms with Gasteiger partial charge in [0.1, 0.15) is 17.5 Å². The van der Waals surface area contributed by atoms with Gasteiger partial charge in [-0.05, 0) is 25.5 Å². The van der Waals surface area contributed by atoms with Gasteiger partial charge in [0.2, 0.25) is 0 Å². The number of para-hydroxylation sites is 1. The number of aromatic carboxylic acids is 1. The average Bonchev–Trinajstić information content (AvgIpc) is 2.51. The van der Waals surface area contributed by atoms with Crippen LogP contribution in [-0.4, -0.2) is 41.3 Å². The van der Waals surface area contributed by atoms with E-state index in [1.807, 2.05) is 0 Å². The first-order chi connectivity index (χ1) is 11.1. The molecule has 0 atom stereocenters. The van der Waals surface area contributed by atoms with E-state index in [0.29, 0.717) is 29.8 Å². The first kappa shape index (κ1) is 16.7. The van der Waals surface area contributed by atoms with E-state index in [1.165, 1.54) is 0 Å². The maximum absolute atomic E-state index is 11.3. The van der Waals surface area contributed by atoms with Gasteiger partial charge in [-0.2, -0.15) is 0 Å².